The molecule has 1 unspecified atom stereocenters. The van der Waals surface area contributed by atoms with Crippen molar-refractivity contribution in [3.05, 3.63) is 58.1 Å². The first kappa shape index (κ1) is 19.0. The maximum absolute atomic E-state index is 12.9. The Hall–Kier alpha value is -2.79. The summed E-state index contributed by atoms with van der Waals surface area (Å²) in [5.74, 6) is -0.662. The topological polar surface area (TPSA) is 73.4 Å². The largest absolute Gasteiger partial charge is 0.416 e. The van der Waals surface area contributed by atoms with E-state index in [9.17, 15) is 23.2 Å². The molecule has 1 heterocycles. The third-order valence-corrected chi connectivity index (χ3v) is 4.86. The zero-order valence-electron chi connectivity index (χ0n) is 15.0. The first-order valence-corrected chi connectivity index (χ1v) is 8.47. The van der Waals surface area contributed by atoms with Gasteiger partial charge in [0.1, 0.15) is 5.82 Å². The highest BCUT2D eigenvalue weighted by molar-refractivity contribution is 5.99. The van der Waals surface area contributed by atoms with Crippen LogP contribution in [0.1, 0.15) is 36.3 Å². The zero-order valence-corrected chi connectivity index (χ0v) is 15.0. The number of nitrogens with two attached hydrogens (primary N) is 1. The highest BCUT2D eigenvalue weighted by Gasteiger charge is 2.41. The van der Waals surface area contributed by atoms with Crippen LogP contribution < -0.4 is 5.73 Å². The Bertz CT molecular complexity index is 876. The molecule has 2 aliphatic rings. The molecule has 0 spiro atoms. The van der Waals surface area contributed by atoms with Crippen molar-refractivity contribution in [1.82, 2.24) is 10.0 Å². The molecule has 0 saturated heterocycles. The van der Waals surface area contributed by atoms with Crippen molar-refractivity contribution < 1.29 is 18.0 Å². The van der Waals surface area contributed by atoms with Gasteiger partial charge in [-0.3, -0.25) is 9.80 Å². The van der Waals surface area contributed by atoms with Gasteiger partial charge in [-0.05, 0) is 30.5 Å². The third-order valence-electron chi connectivity index (χ3n) is 4.86. The van der Waals surface area contributed by atoms with E-state index in [4.69, 9.17) is 5.73 Å². The van der Waals surface area contributed by atoms with Gasteiger partial charge in [-0.15, -0.1) is 0 Å². The monoisotopic (exact) mass is 376 g/mol. The summed E-state index contributed by atoms with van der Waals surface area (Å²) in [6, 6.07) is 6.62. The molecule has 1 aliphatic heterocycles. The smallest absolute Gasteiger partial charge is 0.383 e. The Kier molecular flexibility index (Phi) is 4.74. The number of nitrogens with zero attached hydrogens (tertiary/aromatic N) is 3. The molecule has 5 nitrogen and oxygen atoms in total. The van der Waals surface area contributed by atoms with Crippen LogP contribution in [0.15, 0.2) is 46.9 Å². The summed E-state index contributed by atoms with van der Waals surface area (Å²) in [6.07, 6.45) is -2.84. The van der Waals surface area contributed by atoms with E-state index < -0.39 is 17.7 Å². The van der Waals surface area contributed by atoms with E-state index in [1.54, 1.807) is 24.1 Å². The van der Waals surface area contributed by atoms with Crippen molar-refractivity contribution in [1.29, 1.82) is 5.26 Å². The number of hydrogen-bond donors (Lipinski definition) is 1. The summed E-state index contributed by atoms with van der Waals surface area (Å²) < 4.78 is 38.6. The number of hydrazine groups is 1. The minimum Gasteiger partial charge on any atom is -0.383 e. The second kappa shape index (κ2) is 6.74. The lowest BCUT2D eigenvalue weighted by molar-refractivity contribution is -0.137. The standard InChI is InChI=1S/C19H19F3N4O/c1-25(2)26-14-4-3-5-15(27)17(14)16(13(10-23)18(26)24)11-6-8-12(9-7-11)19(20,21)22/h6-9,16H,3-5,24H2,1-2H3. The Morgan fingerprint density at radius 1 is 1.22 bits per heavy atom. The Balaban J connectivity index is 2.19. The van der Waals surface area contributed by atoms with E-state index in [0.29, 0.717) is 36.1 Å². The minimum absolute atomic E-state index is 0.103. The summed E-state index contributed by atoms with van der Waals surface area (Å²) in [5.41, 5.74) is 7.21. The van der Waals surface area contributed by atoms with Gasteiger partial charge >= 0.3 is 6.18 Å². The van der Waals surface area contributed by atoms with Crippen LogP contribution in [0.5, 0.6) is 0 Å². The van der Waals surface area contributed by atoms with Crippen LogP contribution in [-0.4, -0.2) is 29.9 Å². The molecule has 142 valence electrons. The molecule has 1 aromatic rings. The van der Waals surface area contributed by atoms with E-state index >= 15 is 0 Å². The minimum atomic E-state index is -4.45. The average Bonchev–Trinajstić information content (AvgIpc) is 2.60. The number of Topliss-reactive ketones (excluding diaryl/α,β-unsaturated/α-hetero) is 1. The van der Waals surface area contributed by atoms with Crippen LogP contribution in [0.3, 0.4) is 0 Å². The fourth-order valence-electron chi connectivity index (χ4n) is 3.72. The van der Waals surface area contributed by atoms with Gasteiger partial charge in [0.05, 0.1) is 23.1 Å². The number of halogens is 3. The molecule has 0 bridgehead atoms. The van der Waals surface area contributed by atoms with Crippen molar-refractivity contribution in [2.45, 2.75) is 31.4 Å². The molecule has 1 aliphatic carbocycles. The second-order valence-electron chi connectivity index (χ2n) is 6.76. The number of hydrogen-bond acceptors (Lipinski definition) is 5. The molecule has 0 radical (unpaired) electrons. The number of carbonyl (C=O) groups excluding carboxylic acids is 1. The first-order chi connectivity index (χ1) is 12.7. The van der Waals surface area contributed by atoms with Gasteiger partial charge in [-0.2, -0.15) is 18.4 Å². The molecule has 2 N–H and O–H groups in total. The van der Waals surface area contributed by atoms with Crippen molar-refractivity contribution in [3.63, 3.8) is 0 Å². The van der Waals surface area contributed by atoms with E-state index in [0.717, 1.165) is 12.1 Å². The lowest BCUT2D eigenvalue weighted by Gasteiger charge is -2.42. The van der Waals surface area contributed by atoms with Crippen LogP contribution >= 0.6 is 0 Å². The van der Waals surface area contributed by atoms with Gasteiger partial charge in [0.2, 0.25) is 0 Å². The van der Waals surface area contributed by atoms with Crippen LogP contribution in [0, 0.1) is 11.3 Å². The number of alkyl halides is 3. The highest BCUT2D eigenvalue weighted by atomic mass is 19.4. The Morgan fingerprint density at radius 2 is 1.85 bits per heavy atom. The lowest BCUT2D eigenvalue weighted by atomic mass is 9.76. The van der Waals surface area contributed by atoms with Gasteiger partial charge in [0, 0.05) is 31.8 Å². The van der Waals surface area contributed by atoms with Gasteiger partial charge in [-0.1, -0.05) is 12.1 Å². The summed E-state index contributed by atoms with van der Waals surface area (Å²) in [7, 11) is 3.51. The van der Waals surface area contributed by atoms with Crippen molar-refractivity contribution in [2.24, 2.45) is 5.73 Å². The van der Waals surface area contributed by atoms with E-state index in [-0.39, 0.29) is 17.2 Å². The molecule has 1 aromatic carbocycles. The maximum atomic E-state index is 12.9. The second-order valence-corrected chi connectivity index (χ2v) is 6.76. The number of benzene rings is 1. The highest BCUT2D eigenvalue weighted by Crippen LogP contribution is 2.45. The van der Waals surface area contributed by atoms with Gasteiger partial charge in [0.15, 0.2) is 5.78 Å². The zero-order chi connectivity index (χ0) is 19.9. The van der Waals surface area contributed by atoms with Crippen molar-refractivity contribution in [2.75, 3.05) is 14.1 Å². The number of allylic oxidation sites excluding steroid dienone is 3. The average molecular weight is 376 g/mol. The molecule has 0 amide bonds. The van der Waals surface area contributed by atoms with E-state index in [2.05, 4.69) is 6.07 Å². The summed E-state index contributed by atoms with van der Waals surface area (Å²) >= 11 is 0. The molecular weight excluding hydrogens is 357 g/mol. The first-order valence-electron chi connectivity index (χ1n) is 8.47. The lowest BCUT2D eigenvalue weighted by Crippen LogP contribution is -2.45. The Morgan fingerprint density at radius 3 is 2.37 bits per heavy atom. The number of nitriles is 1. The molecular formula is C19H19F3N4O. The van der Waals surface area contributed by atoms with E-state index in [1.807, 2.05) is 0 Å². The fourth-order valence-corrected chi connectivity index (χ4v) is 3.72. The number of rotatable bonds is 2. The van der Waals surface area contributed by atoms with Crippen LogP contribution in [-0.2, 0) is 11.0 Å². The quantitative estimate of drug-likeness (QED) is 0.858. The predicted molar refractivity (Wildman–Crippen MR) is 92.4 cm³/mol. The number of carbonyl (C=O) groups is 1. The molecule has 0 fully saturated rings. The summed E-state index contributed by atoms with van der Waals surface area (Å²) in [5, 5.41) is 13.0. The van der Waals surface area contributed by atoms with Gasteiger partial charge in [0.25, 0.3) is 0 Å². The van der Waals surface area contributed by atoms with Crippen molar-refractivity contribution in [3.8, 4) is 6.07 Å². The molecule has 0 saturated carbocycles. The van der Waals surface area contributed by atoms with Crippen LogP contribution in [0.4, 0.5) is 13.2 Å². The van der Waals surface area contributed by atoms with Crippen LogP contribution in [0.25, 0.3) is 0 Å². The van der Waals surface area contributed by atoms with Crippen molar-refractivity contribution >= 4 is 5.78 Å². The molecule has 1 atom stereocenters. The van der Waals surface area contributed by atoms with Gasteiger partial charge < -0.3 is 5.73 Å². The normalized spacial score (nSPS) is 20.9. The predicted octanol–water partition coefficient (Wildman–Crippen LogP) is 3.28. The molecule has 0 aromatic heterocycles. The fraction of sp³-hybridized carbons (Fsp3) is 0.368. The summed E-state index contributed by atoms with van der Waals surface area (Å²) in [6.45, 7) is 0. The molecule has 3 rings (SSSR count). The van der Waals surface area contributed by atoms with E-state index in [1.165, 1.54) is 12.1 Å². The van der Waals surface area contributed by atoms with Gasteiger partial charge in [-0.25, -0.2) is 5.01 Å². The summed E-state index contributed by atoms with van der Waals surface area (Å²) in [4.78, 5) is 12.7. The Labute approximate surface area is 155 Å². The number of ketones is 1. The molecule has 27 heavy (non-hydrogen) atoms. The van der Waals surface area contributed by atoms with Crippen LogP contribution in [0.2, 0.25) is 0 Å². The maximum Gasteiger partial charge on any atom is 0.416 e. The SMILES string of the molecule is CN(C)N1C(N)=C(C#N)C(c2ccc(C(F)(F)F)cc2)C2=C1CCCC2=O. The molecule has 8 heteroatoms. The third kappa shape index (κ3) is 3.19.